The van der Waals surface area contributed by atoms with Crippen LogP contribution in [0.2, 0.25) is 0 Å². The summed E-state index contributed by atoms with van der Waals surface area (Å²) in [6.45, 7) is 6.26. The Kier molecular flexibility index (Phi) is 5.87. The van der Waals surface area contributed by atoms with E-state index >= 15 is 0 Å². The largest absolute Gasteiger partial charge is 0.465 e. The van der Waals surface area contributed by atoms with Gasteiger partial charge >= 0.3 is 5.97 Å². The number of aryl methyl sites for hydroxylation is 1. The number of esters is 1. The van der Waals surface area contributed by atoms with Crippen molar-refractivity contribution in [1.29, 1.82) is 0 Å². The minimum Gasteiger partial charge on any atom is -0.465 e. The summed E-state index contributed by atoms with van der Waals surface area (Å²) in [6, 6.07) is 0. The van der Waals surface area contributed by atoms with Crippen LogP contribution in [0.25, 0.3) is 0 Å². The van der Waals surface area contributed by atoms with Crippen LogP contribution in [0.15, 0.2) is 0 Å². The zero-order valence-electron chi connectivity index (χ0n) is 16.5. The summed E-state index contributed by atoms with van der Waals surface area (Å²) in [7, 11) is 1.33. The fourth-order valence-electron chi connectivity index (χ4n) is 4.27. The number of nitrogens with one attached hydrogen (secondary N) is 1. The number of methoxy groups -OCH3 is 1. The number of hydrogen-bond donors (Lipinski definition) is 1. The Morgan fingerprint density at radius 3 is 2.33 bits per heavy atom. The molecule has 7 nitrogen and oxygen atoms in total. The summed E-state index contributed by atoms with van der Waals surface area (Å²) in [6.07, 6.45) is 4.97. The standard InChI is InChI=1S/C20H29N3O4/c1-13-16(20(26)27-3)14(2)21-17(13)19(25)23-11-7-8-15(12-23)18(24)22-9-5-4-6-10-22/h15,21H,4-12H2,1-3H3. The van der Waals surface area contributed by atoms with Gasteiger partial charge in [-0.05, 0) is 51.5 Å². The molecule has 1 aromatic heterocycles. The van der Waals surface area contributed by atoms with Crippen LogP contribution in [0.1, 0.15) is 64.2 Å². The fraction of sp³-hybridized carbons (Fsp3) is 0.650. The molecule has 0 aromatic carbocycles. The highest BCUT2D eigenvalue weighted by molar-refractivity contribution is 6.00. The molecule has 0 saturated carbocycles. The van der Waals surface area contributed by atoms with Gasteiger partial charge in [0.15, 0.2) is 0 Å². The third-order valence-electron chi connectivity index (χ3n) is 5.77. The number of carbonyl (C=O) groups is 3. The lowest BCUT2D eigenvalue weighted by atomic mass is 9.95. The topological polar surface area (TPSA) is 82.7 Å². The van der Waals surface area contributed by atoms with Gasteiger partial charge in [-0.25, -0.2) is 4.79 Å². The number of aromatic nitrogens is 1. The minimum atomic E-state index is -0.447. The molecular formula is C20H29N3O4. The highest BCUT2D eigenvalue weighted by Crippen LogP contribution is 2.25. The molecule has 27 heavy (non-hydrogen) atoms. The lowest BCUT2D eigenvalue weighted by Crippen LogP contribution is -2.48. The predicted molar refractivity (Wildman–Crippen MR) is 101 cm³/mol. The van der Waals surface area contributed by atoms with Gasteiger partial charge in [-0.15, -0.1) is 0 Å². The molecule has 0 radical (unpaired) electrons. The van der Waals surface area contributed by atoms with E-state index in [1.165, 1.54) is 13.5 Å². The Hall–Kier alpha value is -2.31. The third-order valence-corrected chi connectivity index (χ3v) is 5.77. The second kappa shape index (κ2) is 8.15. The number of carbonyl (C=O) groups excluding carboxylic acids is 3. The zero-order chi connectivity index (χ0) is 19.6. The van der Waals surface area contributed by atoms with Crippen molar-refractivity contribution in [3.63, 3.8) is 0 Å². The van der Waals surface area contributed by atoms with E-state index in [9.17, 15) is 14.4 Å². The van der Waals surface area contributed by atoms with Crippen molar-refractivity contribution in [2.45, 2.75) is 46.0 Å². The Labute approximate surface area is 160 Å². The molecule has 2 amide bonds. The maximum Gasteiger partial charge on any atom is 0.339 e. The second-order valence-electron chi connectivity index (χ2n) is 7.59. The molecule has 3 heterocycles. The van der Waals surface area contributed by atoms with Crippen molar-refractivity contribution >= 4 is 17.8 Å². The molecule has 1 N–H and O–H groups in total. The van der Waals surface area contributed by atoms with E-state index in [1.807, 2.05) is 4.90 Å². The molecule has 2 aliphatic rings. The first-order valence-corrected chi connectivity index (χ1v) is 9.79. The molecule has 1 aromatic rings. The first kappa shape index (κ1) is 19.5. The van der Waals surface area contributed by atoms with E-state index < -0.39 is 5.97 Å². The number of amides is 2. The average Bonchev–Trinajstić information content (AvgIpc) is 3.01. The molecule has 2 fully saturated rings. The molecule has 7 heteroatoms. The van der Waals surface area contributed by atoms with E-state index in [0.29, 0.717) is 35.6 Å². The summed E-state index contributed by atoms with van der Waals surface area (Å²) in [5.74, 6) is -0.543. The zero-order valence-corrected chi connectivity index (χ0v) is 16.5. The van der Waals surface area contributed by atoms with Crippen LogP contribution in [0.4, 0.5) is 0 Å². The molecule has 148 valence electrons. The van der Waals surface area contributed by atoms with Gasteiger partial charge < -0.3 is 19.5 Å². The van der Waals surface area contributed by atoms with Crippen molar-refractivity contribution in [2.24, 2.45) is 5.92 Å². The number of ether oxygens (including phenoxy) is 1. The molecule has 0 spiro atoms. The van der Waals surface area contributed by atoms with E-state index in [0.717, 1.165) is 38.8 Å². The molecule has 2 saturated heterocycles. The van der Waals surface area contributed by atoms with Gasteiger partial charge in [-0.2, -0.15) is 0 Å². The Morgan fingerprint density at radius 1 is 1.00 bits per heavy atom. The van der Waals surface area contributed by atoms with Crippen molar-refractivity contribution in [2.75, 3.05) is 33.3 Å². The number of likely N-dealkylation sites (tertiary alicyclic amines) is 2. The highest BCUT2D eigenvalue weighted by atomic mass is 16.5. The summed E-state index contributed by atoms with van der Waals surface area (Å²) in [5, 5.41) is 0. The van der Waals surface area contributed by atoms with E-state index in [1.54, 1.807) is 18.7 Å². The summed E-state index contributed by atoms with van der Waals surface area (Å²) in [5.41, 5.74) is 2.06. The predicted octanol–water partition coefficient (Wildman–Crippen LogP) is 2.28. The van der Waals surface area contributed by atoms with Gasteiger partial charge in [0.25, 0.3) is 5.91 Å². The number of rotatable bonds is 3. The molecule has 1 unspecified atom stereocenters. The normalized spacial score (nSPS) is 20.5. The lowest BCUT2D eigenvalue weighted by Gasteiger charge is -2.36. The average molecular weight is 375 g/mol. The molecule has 0 aliphatic carbocycles. The molecule has 0 bridgehead atoms. The van der Waals surface area contributed by atoms with Crippen LogP contribution in [0.5, 0.6) is 0 Å². The summed E-state index contributed by atoms with van der Waals surface area (Å²) < 4.78 is 4.82. The number of aromatic amines is 1. The minimum absolute atomic E-state index is 0.128. The van der Waals surface area contributed by atoms with Crippen LogP contribution >= 0.6 is 0 Å². The van der Waals surface area contributed by atoms with E-state index in [4.69, 9.17) is 4.74 Å². The smallest absolute Gasteiger partial charge is 0.339 e. The van der Waals surface area contributed by atoms with Gasteiger partial charge in [0.05, 0.1) is 18.6 Å². The van der Waals surface area contributed by atoms with Gasteiger partial charge in [0.1, 0.15) is 5.69 Å². The van der Waals surface area contributed by atoms with Gasteiger partial charge in [-0.3, -0.25) is 9.59 Å². The van der Waals surface area contributed by atoms with Crippen LogP contribution in [0, 0.1) is 19.8 Å². The second-order valence-corrected chi connectivity index (χ2v) is 7.59. The summed E-state index contributed by atoms with van der Waals surface area (Å²) >= 11 is 0. The van der Waals surface area contributed by atoms with Crippen molar-refractivity contribution in [3.8, 4) is 0 Å². The molecule has 1 atom stereocenters. The van der Waals surface area contributed by atoms with Crippen LogP contribution in [-0.2, 0) is 9.53 Å². The van der Waals surface area contributed by atoms with Crippen molar-refractivity contribution in [3.05, 3.63) is 22.5 Å². The third kappa shape index (κ3) is 3.87. The van der Waals surface area contributed by atoms with Crippen LogP contribution in [-0.4, -0.2) is 65.9 Å². The first-order valence-electron chi connectivity index (χ1n) is 9.79. The summed E-state index contributed by atoms with van der Waals surface area (Å²) in [4.78, 5) is 44.6. The van der Waals surface area contributed by atoms with E-state index in [2.05, 4.69) is 4.98 Å². The molecule has 2 aliphatic heterocycles. The number of hydrogen-bond acceptors (Lipinski definition) is 4. The highest BCUT2D eigenvalue weighted by Gasteiger charge is 2.33. The van der Waals surface area contributed by atoms with Crippen LogP contribution < -0.4 is 0 Å². The maximum atomic E-state index is 13.1. The number of piperidine rings is 2. The maximum absolute atomic E-state index is 13.1. The monoisotopic (exact) mass is 375 g/mol. The Bertz CT molecular complexity index is 734. The van der Waals surface area contributed by atoms with Gasteiger partial charge in [0.2, 0.25) is 5.91 Å². The van der Waals surface area contributed by atoms with Crippen molar-refractivity contribution in [1.82, 2.24) is 14.8 Å². The quantitative estimate of drug-likeness (QED) is 0.822. The number of H-pyrrole nitrogens is 1. The first-order chi connectivity index (χ1) is 12.9. The Balaban J connectivity index is 1.73. The lowest BCUT2D eigenvalue weighted by molar-refractivity contribution is -0.137. The fourth-order valence-corrected chi connectivity index (χ4v) is 4.27. The SMILES string of the molecule is COC(=O)c1c(C)[nH]c(C(=O)N2CCCC(C(=O)N3CCCCC3)C2)c1C. The van der Waals surface area contributed by atoms with Gasteiger partial charge in [0, 0.05) is 31.9 Å². The van der Waals surface area contributed by atoms with Gasteiger partial charge in [-0.1, -0.05) is 0 Å². The van der Waals surface area contributed by atoms with Crippen LogP contribution in [0.3, 0.4) is 0 Å². The Morgan fingerprint density at radius 2 is 1.67 bits per heavy atom. The van der Waals surface area contributed by atoms with Crippen molar-refractivity contribution < 1.29 is 19.1 Å². The number of nitrogens with zero attached hydrogens (tertiary/aromatic N) is 2. The molecular weight excluding hydrogens is 346 g/mol. The molecule has 3 rings (SSSR count). The van der Waals surface area contributed by atoms with E-state index in [-0.39, 0.29) is 17.7 Å².